The Morgan fingerprint density at radius 3 is 2.00 bits per heavy atom. The Kier molecular flexibility index (Phi) is 5.31. The Morgan fingerprint density at radius 2 is 1.44 bits per heavy atom. The van der Waals surface area contributed by atoms with E-state index >= 15 is 0 Å². The maximum atomic E-state index is 12.5. The highest BCUT2D eigenvalue weighted by molar-refractivity contribution is 7.92. The largest absolute Gasteiger partial charge is 0.366 e. The van der Waals surface area contributed by atoms with E-state index in [1.807, 2.05) is 0 Å². The summed E-state index contributed by atoms with van der Waals surface area (Å²) in [6.45, 7) is 1.47. The third-order valence-electron chi connectivity index (χ3n) is 4.23. The number of anilines is 2. The van der Waals surface area contributed by atoms with E-state index < -0.39 is 15.9 Å². The fraction of sp³-hybridized carbons (Fsp3) is 0.222. The molecule has 1 fully saturated rings. The number of hydrogen-bond donors (Lipinski definition) is 3. The van der Waals surface area contributed by atoms with Crippen LogP contribution in [0.5, 0.6) is 0 Å². The smallest absolute Gasteiger partial charge is 0.321 e. The molecule has 3 amide bonds. The second-order valence-electron chi connectivity index (χ2n) is 6.20. The van der Waals surface area contributed by atoms with Crippen LogP contribution in [0.15, 0.2) is 53.4 Å². The molecule has 4 N–H and O–H groups in total. The predicted molar refractivity (Wildman–Crippen MR) is 102 cm³/mol. The molecule has 1 heterocycles. The van der Waals surface area contributed by atoms with Gasteiger partial charge in [0, 0.05) is 30.0 Å². The summed E-state index contributed by atoms with van der Waals surface area (Å²) in [4.78, 5) is 24.9. The van der Waals surface area contributed by atoms with Crippen LogP contribution in [-0.4, -0.2) is 38.3 Å². The van der Waals surface area contributed by atoms with Crippen LogP contribution in [0.2, 0.25) is 0 Å². The highest BCUT2D eigenvalue weighted by Crippen LogP contribution is 2.19. The molecule has 1 aliphatic rings. The zero-order chi connectivity index (χ0) is 19.4. The summed E-state index contributed by atoms with van der Waals surface area (Å²) >= 11 is 0. The number of rotatable bonds is 5. The lowest BCUT2D eigenvalue weighted by Crippen LogP contribution is -2.32. The Balaban J connectivity index is 1.67. The van der Waals surface area contributed by atoms with Crippen molar-refractivity contribution in [3.05, 3.63) is 54.1 Å². The van der Waals surface area contributed by atoms with Crippen molar-refractivity contribution in [3.8, 4) is 0 Å². The zero-order valence-electron chi connectivity index (χ0n) is 14.5. The third-order valence-corrected chi connectivity index (χ3v) is 5.63. The minimum Gasteiger partial charge on any atom is -0.366 e. The molecule has 1 saturated heterocycles. The monoisotopic (exact) mass is 388 g/mol. The van der Waals surface area contributed by atoms with E-state index in [1.165, 1.54) is 36.4 Å². The minimum absolute atomic E-state index is 0.0562. The highest BCUT2D eigenvalue weighted by atomic mass is 32.2. The number of nitrogens with zero attached hydrogens (tertiary/aromatic N) is 1. The molecule has 0 spiro atoms. The second kappa shape index (κ2) is 7.67. The van der Waals surface area contributed by atoms with Gasteiger partial charge in [0.2, 0.25) is 5.91 Å². The first-order valence-corrected chi connectivity index (χ1v) is 9.92. The Hall–Kier alpha value is -3.07. The molecule has 2 aromatic rings. The molecule has 0 radical (unpaired) electrons. The SMILES string of the molecule is NC(=O)c1ccc(NS(=O)(=O)c2ccc(NC(=O)N3CCCC3)cc2)cc1. The normalized spacial score (nSPS) is 14.0. The number of urea groups is 1. The van der Waals surface area contributed by atoms with Gasteiger partial charge in [-0.2, -0.15) is 0 Å². The molecule has 0 saturated carbocycles. The highest BCUT2D eigenvalue weighted by Gasteiger charge is 2.18. The van der Waals surface area contributed by atoms with Crippen LogP contribution in [0.1, 0.15) is 23.2 Å². The molecular weight excluding hydrogens is 368 g/mol. The zero-order valence-corrected chi connectivity index (χ0v) is 15.3. The Labute approximate surface area is 157 Å². The summed E-state index contributed by atoms with van der Waals surface area (Å²) in [7, 11) is -3.80. The lowest BCUT2D eigenvalue weighted by atomic mass is 10.2. The van der Waals surface area contributed by atoms with Crippen LogP contribution in [-0.2, 0) is 10.0 Å². The molecule has 142 valence electrons. The standard InChI is InChI=1S/C18H20N4O4S/c19-17(23)13-3-5-15(6-4-13)21-27(25,26)16-9-7-14(8-10-16)20-18(24)22-11-1-2-12-22/h3-10,21H,1-2,11-12H2,(H2,19,23)(H,20,24). The maximum absolute atomic E-state index is 12.5. The van der Waals surface area contributed by atoms with Crippen LogP contribution in [0.4, 0.5) is 16.2 Å². The van der Waals surface area contributed by atoms with Gasteiger partial charge in [0.1, 0.15) is 0 Å². The van der Waals surface area contributed by atoms with E-state index in [9.17, 15) is 18.0 Å². The van der Waals surface area contributed by atoms with E-state index in [1.54, 1.807) is 17.0 Å². The number of carbonyl (C=O) groups excluding carboxylic acids is 2. The number of nitrogens with two attached hydrogens (primary N) is 1. The van der Waals surface area contributed by atoms with Crippen molar-refractivity contribution in [2.45, 2.75) is 17.7 Å². The van der Waals surface area contributed by atoms with Gasteiger partial charge in [0.25, 0.3) is 10.0 Å². The first-order valence-electron chi connectivity index (χ1n) is 8.44. The maximum Gasteiger partial charge on any atom is 0.321 e. The number of nitrogens with one attached hydrogen (secondary N) is 2. The summed E-state index contributed by atoms with van der Waals surface area (Å²) in [5, 5.41) is 2.76. The van der Waals surface area contributed by atoms with E-state index in [0.717, 1.165) is 25.9 Å². The molecular formula is C18H20N4O4S. The first-order chi connectivity index (χ1) is 12.8. The topological polar surface area (TPSA) is 122 Å². The quantitative estimate of drug-likeness (QED) is 0.727. The van der Waals surface area contributed by atoms with E-state index in [4.69, 9.17) is 5.73 Å². The van der Waals surface area contributed by atoms with Gasteiger partial charge < -0.3 is 16.0 Å². The lowest BCUT2D eigenvalue weighted by molar-refractivity contribution is 0.100. The van der Waals surface area contributed by atoms with E-state index in [0.29, 0.717) is 11.4 Å². The lowest BCUT2D eigenvalue weighted by Gasteiger charge is -2.16. The molecule has 0 aliphatic carbocycles. The van der Waals surface area contributed by atoms with Gasteiger partial charge in [-0.25, -0.2) is 13.2 Å². The van der Waals surface area contributed by atoms with Crippen molar-refractivity contribution in [2.75, 3.05) is 23.1 Å². The van der Waals surface area contributed by atoms with Crippen LogP contribution in [0, 0.1) is 0 Å². The Morgan fingerprint density at radius 1 is 0.889 bits per heavy atom. The fourth-order valence-electron chi connectivity index (χ4n) is 2.76. The fourth-order valence-corrected chi connectivity index (χ4v) is 3.82. The van der Waals surface area contributed by atoms with Crippen LogP contribution in [0.25, 0.3) is 0 Å². The molecule has 27 heavy (non-hydrogen) atoms. The molecule has 0 bridgehead atoms. The van der Waals surface area contributed by atoms with Crippen molar-refractivity contribution >= 4 is 33.3 Å². The number of primary amides is 1. The molecule has 2 aromatic carbocycles. The van der Waals surface area contributed by atoms with Crippen LogP contribution in [0.3, 0.4) is 0 Å². The van der Waals surface area contributed by atoms with Gasteiger partial charge in [-0.3, -0.25) is 9.52 Å². The summed E-state index contributed by atoms with van der Waals surface area (Å²) in [5.74, 6) is -0.587. The molecule has 9 heteroatoms. The molecule has 0 unspecified atom stereocenters. The van der Waals surface area contributed by atoms with Crippen molar-refractivity contribution in [2.24, 2.45) is 5.73 Å². The van der Waals surface area contributed by atoms with Gasteiger partial charge in [-0.15, -0.1) is 0 Å². The Bertz CT molecular complexity index is 934. The molecule has 1 aliphatic heterocycles. The molecule has 0 aromatic heterocycles. The third kappa shape index (κ3) is 4.56. The van der Waals surface area contributed by atoms with E-state index in [2.05, 4.69) is 10.0 Å². The van der Waals surface area contributed by atoms with Crippen molar-refractivity contribution in [3.63, 3.8) is 0 Å². The minimum atomic E-state index is -3.80. The predicted octanol–water partition coefficient (Wildman–Crippen LogP) is 2.21. The number of likely N-dealkylation sites (tertiary alicyclic amines) is 1. The number of carbonyl (C=O) groups is 2. The molecule has 3 rings (SSSR count). The number of sulfonamides is 1. The summed E-state index contributed by atoms with van der Waals surface area (Å²) < 4.78 is 27.4. The number of amides is 3. The van der Waals surface area contributed by atoms with Gasteiger partial charge >= 0.3 is 6.03 Å². The number of benzene rings is 2. The summed E-state index contributed by atoms with van der Waals surface area (Å²) in [6, 6.07) is 11.5. The van der Waals surface area contributed by atoms with Gasteiger partial charge in [0.15, 0.2) is 0 Å². The van der Waals surface area contributed by atoms with Gasteiger partial charge in [-0.05, 0) is 61.4 Å². The van der Waals surface area contributed by atoms with Crippen LogP contribution < -0.4 is 15.8 Å². The average molecular weight is 388 g/mol. The van der Waals surface area contributed by atoms with Crippen molar-refractivity contribution in [1.82, 2.24) is 4.90 Å². The average Bonchev–Trinajstić information content (AvgIpc) is 3.17. The van der Waals surface area contributed by atoms with Gasteiger partial charge in [0.05, 0.1) is 4.90 Å². The number of hydrogen-bond acceptors (Lipinski definition) is 4. The summed E-state index contributed by atoms with van der Waals surface area (Å²) in [6.07, 6.45) is 1.99. The first kappa shape index (κ1) is 18.7. The van der Waals surface area contributed by atoms with Gasteiger partial charge in [-0.1, -0.05) is 0 Å². The molecule has 8 nitrogen and oxygen atoms in total. The van der Waals surface area contributed by atoms with Crippen molar-refractivity contribution < 1.29 is 18.0 Å². The summed E-state index contributed by atoms with van der Waals surface area (Å²) in [5.41, 5.74) is 6.28. The van der Waals surface area contributed by atoms with Crippen LogP contribution >= 0.6 is 0 Å². The second-order valence-corrected chi connectivity index (χ2v) is 7.88. The van der Waals surface area contributed by atoms with E-state index in [-0.39, 0.29) is 16.5 Å². The van der Waals surface area contributed by atoms with Crippen molar-refractivity contribution in [1.29, 1.82) is 0 Å². The molecule has 0 atom stereocenters.